The zero-order chi connectivity index (χ0) is 12.8. The molecule has 1 N–H and O–H groups in total. The SMILES string of the molecule is COCCCNCCn1ccc2sccc2c1=O. The quantitative estimate of drug-likeness (QED) is 0.776. The predicted molar refractivity (Wildman–Crippen MR) is 75.4 cm³/mol. The van der Waals surface area contributed by atoms with Crippen molar-refractivity contribution in [1.29, 1.82) is 0 Å². The summed E-state index contributed by atoms with van der Waals surface area (Å²) < 4.78 is 7.79. The summed E-state index contributed by atoms with van der Waals surface area (Å²) in [6, 6.07) is 3.90. The first kappa shape index (κ1) is 13.3. The van der Waals surface area contributed by atoms with Crippen molar-refractivity contribution >= 4 is 21.4 Å². The zero-order valence-corrected chi connectivity index (χ0v) is 11.3. The fraction of sp³-hybridized carbons (Fsp3) is 0.462. The number of pyridine rings is 1. The van der Waals surface area contributed by atoms with Gasteiger partial charge >= 0.3 is 0 Å². The van der Waals surface area contributed by atoms with E-state index in [1.807, 2.05) is 23.7 Å². The van der Waals surface area contributed by atoms with Crippen molar-refractivity contribution in [2.75, 3.05) is 26.8 Å². The summed E-state index contributed by atoms with van der Waals surface area (Å²) in [7, 11) is 1.70. The molecule has 0 radical (unpaired) electrons. The van der Waals surface area contributed by atoms with Gasteiger partial charge < -0.3 is 14.6 Å². The van der Waals surface area contributed by atoms with E-state index in [2.05, 4.69) is 5.32 Å². The highest BCUT2D eigenvalue weighted by Gasteiger charge is 2.02. The lowest BCUT2D eigenvalue weighted by Gasteiger charge is -2.07. The Morgan fingerprint density at radius 1 is 1.39 bits per heavy atom. The van der Waals surface area contributed by atoms with E-state index in [1.165, 1.54) is 0 Å². The van der Waals surface area contributed by atoms with Crippen LogP contribution in [-0.2, 0) is 11.3 Å². The van der Waals surface area contributed by atoms with E-state index in [0.29, 0.717) is 6.54 Å². The largest absolute Gasteiger partial charge is 0.385 e. The van der Waals surface area contributed by atoms with Crippen LogP contribution >= 0.6 is 11.3 Å². The van der Waals surface area contributed by atoms with Crippen LogP contribution in [0.25, 0.3) is 10.1 Å². The van der Waals surface area contributed by atoms with Crippen LogP contribution in [0.15, 0.2) is 28.5 Å². The Hall–Kier alpha value is -1.17. The number of thiophene rings is 1. The molecule has 0 aliphatic heterocycles. The van der Waals surface area contributed by atoms with E-state index in [4.69, 9.17) is 4.74 Å². The lowest BCUT2D eigenvalue weighted by atomic mass is 10.3. The molecular formula is C13H18N2O2S. The molecule has 98 valence electrons. The molecule has 4 nitrogen and oxygen atoms in total. The third kappa shape index (κ3) is 3.19. The summed E-state index contributed by atoms with van der Waals surface area (Å²) >= 11 is 1.60. The summed E-state index contributed by atoms with van der Waals surface area (Å²) in [6.45, 7) is 3.20. The third-order valence-corrected chi connectivity index (χ3v) is 3.71. The van der Waals surface area contributed by atoms with Gasteiger partial charge in [-0.25, -0.2) is 0 Å². The average Bonchev–Trinajstić information content (AvgIpc) is 2.85. The molecule has 0 saturated heterocycles. The highest BCUT2D eigenvalue weighted by atomic mass is 32.1. The molecule has 2 rings (SSSR count). The first-order valence-corrected chi connectivity index (χ1v) is 6.97. The standard InChI is InChI=1S/C13H18N2O2S/c1-17-9-2-5-14-6-8-15-7-3-12-11(13(15)16)4-10-18-12/h3-4,7,10,14H,2,5-6,8-9H2,1H3. The molecule has 0 bridgehead atoms. The zero-order valence-electron chi connectivity index (χ0n) is 10.5. The smallest absolute Gasteiger partial charge is 0.259 e. The number of rotatable bonds is 7. The minimum atomic E-state index is 0.104. The van der Waals surface area contributed by atoms with Crippen LogP contribution in [0, 0.1) is 0 Å². The van der Waals surface area contributed by atoms with Crippen molar-refractivity contribution in [2.24, 2.45) is 0 Å². The van der Waals surface area contributed by atoms with Gasteiger partial charge in [0.05, 0.1) is 5.39 Å². The van der Waals surface area contributed by atoms with Crippen molar-refractivity contribution in [3.05, 3.63) is 34.1 Å². The molecule has 0 amide bonds. The Morgan fingerprint density at radius 2 is 2.28 bits per heavy atom. The van der Waals surface area contributed by atoms with Crippen molar-refractivity contribution < 1.29 is 4.74 Å². The fourth-order valence-corrected chi connectivity index (χ4v) is 2.62. The molecular weight excluding hydrogens is 248 g/mol. The van der Waals surface area contributed by atoms with E-state index >= 15 is 0 Å². The number of ether oxygens (including phenoxy) is 1. The van der Waals surface area contributed by atoms with E-state index in [9.17, 15) is 4.79 Å². The van der Waals surface area contributed by atoms with Gasteiger partial charge in [-0.1, -0.05) is 0 Å². The van der Waals surface area contributed by atoms with Gasteiger partial charge in [-0.2, -0.15) is 0 Å². The molecule has 0 atom stereocenters. The molecule has 0 aliphatic carbocycles. The second-order valence-electron chi connectivity index (χ2n) is 4.11. The summed E-state index contributed by atoms with van der Waals surface area (Å²) in [5.41, 5.74) is 0.104. The molecule has 0 fully saturated rings. The molecule has 18 heavy (non-hydrogen) atoms. The van der Waals surface area contributed by atoms with Crippen LogP contribution in [-0.4, -0.2) is 31.4 Å². The second kappa shape index (κ2) is 6.68. The monoisotopic (exact) mass is 266 g/mol. The van der Waals surface area contributed by atoms with Crippen LogP contribution < -0.4 is 10.9 Å². The van der Waals surface area contributed by atoms with Gasteiger partial charge in [0.1, 0.15) is 0 Å². The molecule has 0 spiro atoms. The van der Waals surface area contributed by atoms with Crippen molar-refractivity contribution in [2.45, 2.75) is 13.0 Å². The molecule has 0 aromatic carbocycles. The van der Waals surface area contributed by atoms with Crippen molar-refractivity contribution in [3.8, 4) is 0 Å². The predicted octanol–water partition coefficient (Wildman–Crippen LogP) is 1.69. The Morgan fingerprint density at radius 3 is 3.11 bits per heavy atom. The van der Waals surface area contributed by atoms with Gasteiger partial charge in [-0.15, -0.1) is 11.3 Å². The van der Waals surface area contributed by atoms with Crippen LogP contribution in [0.4, 0.5) is 0 Å². The molecule has 2 aromatic heterocycles. The molecule has 2 heterocycles. The first-order valence-electron chi connectivity index (χ1n) is 6.09. The van der Waals surface area contributed by atoms with Crippen LogP contribution in [0.1, 0.15) is 6.42 Å². The molecule has 0 unspecified atom stereocenters. The maximum Gasteiger partial charge on any atom is 0.259 e. The normalized spacial score (nSPS) is 11.2. The Balaban J connectivity index is 1.88. The number of hydrogen-bond donors (Lipinski definition) is 1. The van der Waals surface area contributed by atoms with Crippen LogP contribution in [0.2, 0.25) is 0 Å². The number of aromatic nitrogens is 1. The Kier molecular flexibility index (Phi) is 4.92. The van der Waals surface area contributed by atoms with Crippen LogP contribution in [0.5, 0.6) is 0 Å². The number of nitrogens with one attached hydrogen (secondary N) is 1. The maximum absolute atomic E-state index is 12.1. The number of fused-ring (bicyclic) bond motifs is 1. The average molecular weight is 266 g/mol. The fourth-order valence-electron chi connectivity index (χ4n) is 1.85. The van der Waals surface area contributed by atoms with Gasteiger partial charge in [-0.05, 0) is 30.5 Å². The number of methoxy groups -OCH3 is 1. The van der Waals surface area contributed by atoms with E-state index in [0.717, 1.165) is 36.2 Å². The van der Waals surface area contributed by atoms with Gasteiger partial charge in [0.2, 0.25) is 0 Å². The summed E-state index contributed by atoms with van der Waals surface area (Å²) in [6.07, 6.45) is 2.87. The maximum atomic E-state index is 12.1. The van der Waals surface area contributed by atoms with Gasteiger partial charge in [0.15, 0.2) is 0 Å². The van der Waals surface area contributed by atoms with E-state index in [-0.39, 0.29) is 5.56 Å². The molecule has 2 aromatic rings. The lowest BCUT2D eigenvalue weighted by molar-refractivity contribution is 0.194. The Bertz CT molecular complexity index is 547. The topological polar surface area (TPSA) is 43.3 Å². The molecule has 5 heteroatoms. The molecule has 0 saturated carbocycles. The van der Waals surface area contributed by atoms with Crippen molar-refractivity contribution in [3.63, 3.8) is 0 Å². The summed E-state index contributed by atoms with van der Waals surface area (Å²) in [4.78, 5) is 12.1. The highest BCUT2D eigenvalue weighted by molar-refractivity contribution is 7.17. The second-order valence-corrected chi connectivity index (χ2v) is 5.06. The van der Waals surface area contributed by atoms with Gasteiger partial charge in [-0.3, -0.25) is 4.79 Å². The number of nitrogens with zero attached hydrogens (tertiary/aromatic N) is 1. The number of hydrogen-bond acceptors (Lipinski definition) is 4. The molecule has 0 aliphatic rings. The van der Waals surface area contributed by atoms with Gasteiger partial charge in [0, 0.05) is 37.7 Å². The van der Waals surface area contributed by atoms with E-state index in [1.54, 1.807) is 23.0 Å². The third-order valence-electron chi connectivity index (χ3n) is 2.82. The Labute approximate surface area is 110 Å². The summed E-state index contributed by atoms with van der Waals surface area (Å²) in [5, 5.41) is 6.08. The van der Waals surface area contributed by atoms with E-state index < -0.39 is 0 Å². The van der Waals surface area contributed by atoms with Gasteiger partial charge in [0.25, 0.3) is 5.56 Å². The van der Waals surface area contributed by atoms with Crippen LogP contribution in [0.3, 0.4) is 0 Å². The van der Waals surface area contributed by atoms with Crippen molar-refractivity contribution in [1.82, 2.24) is 9.88 Å². The minimum absolute atomic E-state index is 0.104. The minimum Gasteiger partial charge on any atom is -0.385 e. The highest BCUT2D eigenvalue weighted by Crippen LogP contribution is 2.15. The summed E-state index contributed by atoms with van der Waals surface area (Å²) in [5.74, 6) is 0. The first-order chi connectivity index (χ1) is 8.83. The lowest BCUT2D eigenvalue weighted by Crippen LogP contribution is -2.27.